The molecule has 0 radical (unpaired) electrons. The van der Waals surface area contributed by atoms with Gasteiger partial charge in [-0.05, 0) is 17.7 Å². The number of benzene rings is 1. The zero-order valence-electron chi connectivity index (χ0n) is 13.0. The number of halogens is 3. The smallest absolute Gasteiger partial charge is 0.339 e. The first-order valence-corrected chi connectivity index (χ1v) is 7.63. The van der Waals surface area contributed by atoms with Crippen molar-refractivity contribution in [2.24, 2.45) is 0 Å². The van der Waals surface area contributed by atoms with Crippen molar-refractivity contribution in [2.75, 3.05) is 6.54 Å². The number of hydrogen-bond donors (Lipinski definition) is 0. The topological polar surface area (TPSA) is 59.2 Å². The summed E-state index contributed by atoms with van der Waals surface area (Å²) < 4.78 is 43.5. The van der Waals surface area contributed by atoms with Crippen molar-refractivity contribution < 1.29 is 22.5 Å². The molecule has 24 heavy (non-hydrogen) atoms. The molecule has 0 spiro atoms. The molecule has 1 fully saturated rings. The van der Waals surface area contributed by atoms with E-state index in [0.717, 1.165) is 12.1 Å². The van der Waals surface area contributed by atoms with E-state index in [9.17, 15) is 18.0 Å². The van der Waals surface area contributed by atoms with Gasteiger partial charge in [0.15, 0.2) is 5.82 Å². The van der Waals surface area contributed by atoms with Crippen LogP contribution in [0.2, 0.25) is 0 Å². The van der Waals surface area contributed by atoms with Crippen LogP contribution in [-0.2, 0) is 23.9 Å². The number of aromatic nitrogens is 2. The third kappa shape index (κ3) is 3.42. The summed E-state index contributed by atoms with van der Waals surface area (Å²) in [5.74, 6) is 0.644. The van der Waals surface area contributed by atoms with Gasteiger partial charge in [0, 0.05) is 25.9 Å². The molecule has 128 valence electrons. The summed E-state index contributed by atoms with van der Waals surface area (Å²) in [6.07, 6.45) is -3.53. The number of nitrogens with zero attached hydrogens (tertiary/aromatic N) is 3. The van der Waals surface area contributed by atoms with Gasteiger partial charge >= 0.3 is 6.18 Å². The zero-order chi connectivity index (χ0) is 17.3. The highest BCUT2D eigenvalue weighted by Crippen LogP contribution is 2.31. The molecule has 5 nitrogen and oxygen atoms in total. The molecule has 0 aliphatic carbocycles. The molecular weight excluding hydrogens is 323 g/mol. The number of carbonyl (C=O) groups is 1. The zero-order valence-corrected chi connectivity index (χ0v) is 13.0. The Morgan fingerprint density at radius 1 is 1.38 bits per heavy atom. The molecule has 2 heterocycles. The van der Waals surface area contributed by atoms with E-state index in [-0.39, 0.29) is 24.8 Å². The second-order valence-electron chi connectivity index (χ2n) is 5.78. The van der Waals surface area contributed by atoms with Gasteiger partial charge in [0.2, 0.25) is 11.8 Å². The maximum atomic E-state index is 12.8. The molecule has 0 saturated carbocycles. The molecule has 8 heteroatoms. The average Bonchev–Trinajstić information content (AvgIpc) is 3.14. The van der Waals surface area contributed by atoms with Gasteiger partial charge < -0.3 is 9.42 Å². The monoisotopic (exact) mass is 339 g/mol. The Morgan fingerprint density at radius 3 is 2.83 bits per heavy atom. The van der Waals surface area contributed by atoms with E-state index in [4.69, 9.17) is 4.52 Å². The molecular formula is C16H16F3N3O2. The number of alkyl halides is 3. The maximum absolute atomic E-state index is 12.8. The number of likely N-dealkylation sites (tertiary alicyclic amines) is 1. The minimum absolute atomic E-state index is 0.131. The number of hydrogen-bond acceptors (Lipinski definition) is 4. The second kappa shape index (κ2) is 6.26. The van der Waals surface area contributed by atoms with Crippen molar-refractivity contribution in [3.8, 4) is 0 Å². The van der Waals surface area contributed by atoms with Gasteiger partial charge in [0.1, 0.15) is 0 Å². The molecule has 3 rings (SSSR count). The van der Waals surface area contributed by atoms with Gasteiger partial charge in [-0.3, -0.25) is 4.79 Å². The number of amides is 1. The van der Waals surface area contributed by atoms with Crippen molar-refractivity contribution in [2.45, 2.75) is 38.4 Å². The second-order valence-corrected chi connectivity index (χ2v) is 5.78. The highest BCUT2D eigenvalue weighted by Gasteiger charge is 2.35. The van der Waals surface area contributed by atoms with E-state index >= 15 is 0 Å². The van der Waals surface area contributed by atoms with Crippen LogP contribution in [0.5, 0.6) is 0 Å². The van der Waals surface area contributed by atoms with Crippen LogP contribution in [0.3, 0.4) is 0 Å². The van der Waals surface area contributed by atoms with Crippen LogP contribution in [0.4, 0.5) is 13.2 Å². The fourth-order valence-corrected chi connectivity index (χ4v) is 2.73. The van der Waals surface area contributed by atoms with Crippen LogP contribution in [-0.4, -0.2) is 27.5 Å². The molecule has 0 N–H and O–H groups in total. The number of carbonyl (C=O) groups excluding carboxylic acids is 1. The van der Waals surface area contributed by atoms with Gasteiger partial charge in [0.05, 0.1) is 11.5 Å². The van der Waals surface area contributed by atoms with E-state index in [1.165, 1.54) is 11.0 Å². The Hall–Kier alpha value is -2.38. The molecule has 1 unspecified atom stereocenters. The summed E-state index contributed by atoms with van der Waals surface area (Å²) in [6, 6.07) is 5.02. The fourth-order valence-electron chi connectivity index (χ4n) is 2.73. The number of aryl methyl sites for hydroxylation is 1. The van der Waals surface area contributed by atoms with Gasteiger partial charge in [-0.1, -0.05) is 24.2 Å². The lowest BCUT2D eigenvalue weighted by atomic mass is 10.1. The lowest BCUT2D eigenvalue weighted by molar-refractivity contribution is -0.137. The largest absolute Gasteiger partial charge is 0.416 e. The van der Waals surface area contributed by atoms with Crippen molar-refractivity contribution in [1.82, 2.24) is 15.0 Å². The Balaban J connectivity index is 1.71. The molecule has 1 aliphatic heterocycles. The maximum Gasteiger partial charge on any atom is 0.416 e. The van der Waals surface area contributed by atoms with E-state index < -0.39 is 11.7 Å². The van der Waals surface area contributed by atoms with E-state index in [2.05, 4.69) is 10.1 Å². The molecule has 1 aromatic carbocycles. The standard InChI is InChI=1S/C16H16F3N3O2/c1-2-13-20-15(24-21-13)11-7-14(23)22(9-11)8-10-4-3-5-12(6-10)16(17,18)19/h3-6,11H,2,7-9H2,1H3. The first-order valence-electron chi connectivity index (χ1n) is 7.63. The molecule has 2 aromatic rings. The Morgan fingerprint density at radius 2 is 2.17 bits per heavy atom. The highest BCUT2D eigenvalue weighted by molar-refractivity contribution is 5.79. The highest BCUT2D eigenvalue weighted by atomic mass is 19.4. The lowest BCUT2D eigenvalue weighted by Gasteiger charge is -2.17. The predicted octanol–water partition coefficient (Wildman–Crippen LogP) is 3.17. The quantitative estimate of drug-likeness (QED) is 0.858. The van der Waals surface area contributed by atoms with E-state index in [1.807, 2.05) is 6.92 Å². The van der Waals surface area contributed by atoms with Crippen molar-refractivity contribution in [1.29, 1.82) is 0 Å². The molecule has 1 aliphatic rings. The Kier molecular flexibility index (Phi) is 4.29. The van der Waals surface area contributed by atoms with Crippen LogP contribution in [0, 0.1) is 0 Å². The predicted molar refractivity (Wildman–Crippen MR) is 77.9 cm³/mol. The molecule has 1 amide bonds. The van der Waals surface area contributed by atoms with Gasteiger partial charge in [-0.2, -0.15) is 18.2 Å². The summed E-state index contributed by atoms with van der Waals surface area (Å²) in [4.78, 5) is 17.9. The number of rotatable bonds is 4. The van der Waals surface area contributed by atoms with Crippen LogP contribution >= 0.6 is 0 Å². The summed E-state index contributed by atoms with van der Waals surface area (Å²) >= 11 is 0. The van der Waals surface area contributed by atoms with Gasteiger partial charge in [-0.15, -0.1) is 0 Å². The molecule has 1 saturated heterocycles. The first kappa shape index (κ1) is 16.5. The summed E-state index contributed by atoms with van der Waals surface area (Å²) in [5.41, 5.74) is -0.272. The Bertz CT molecular complexity index is 742. The average molecular weight is 339 g/mol. The third-order valence-electron chi connectivity index (χ3n) is 3.99. The van der Waals surface area contributed by atoms with Crippen LogP contribution in [0.25, 0.3) is 0 Å². The first-order chi connectivity index (χ1) is 11.4. The lowest BCUT2D eigenvalue weighted by Crippen LogP contribution is -2.24. The Labute approximate surface area is 136 Å². The van der Waals surface area contributed by atoms with Crippen molar-refractivity contribution in [3.05, 3.63) is 47.1 Å². The minimum Gasteiger partial charge on any atom is -0.339 e. The summed E-state index contributed by atoms with van der Waals surface area (Å²) in [7, 11) is 0. The minimum atomic E-state index is -4.39. The molecule has 1 aromatic heterocycles. The SMILES string of the molecule is CCc1noc(C2CC(=O)N(Cc3cccc(C(F)(F)F)c3)C2)n1. The van der Waals surface area contributed by atoms with E-state index in [1.54, 1.807) is 6.07 Å². The fraction of sp³-hybridized carbons (Fsp3) is 0.438. The summed E-state index contributed by atoms with van der Waals surface area (Å²) in [6.45, 7) is 2.39. The van der Waals surface area contributed by atoms with Gasteiger partial charge in [0.25, 0.3) is 0 Å². The molecule has 1 atom stereocenters. The van der Waals surface area contributed by atoms with Crippen molar-refractivity contribution in [3.63, 3.8) is 0 Å². The summed E-state index contributed by atoms with van der Waals surface area (Å²) in [5, 5.41) is 3.81. The van der Waals surface area contributed by atoms with Gasteiger partial charge in [-0.25, -0.2) is 0 Å². The van der Waals surface area contributed by atoms with E-state index in [0.29, 0.717) is 30.2 Å². The van der Waals surface area contributed by atoms with Crippen LogP contribution in [0.1, 0.15) is 42.1 Å². The van der Waals surface area contributed by atoms with Crippen molar-refractivity contribution >= 4 is 5.91 Å². The third-order valence-corrected chi connectivity index (χ3v) is 3.99. The van der Waals surface area contributed by atoms with Crippen LogP contribution in [0.15, 0.2) is 28.8 Å². The molecule has 0 bridgehead atoms. The normalized spacial score (nSPS) is 18.4. The van der Waals surface area contributed by atoms with Crippen LogP contribution < -0.4 is 0 Å².